The average molecular weight is 412 g/mol. The molecule has 0 radical (unpaired) electrons. The van der Waals surface area contributed by atoms with Crippen molar-refractivity contribution in [2.24, 2.45) is 13.0 Å². The molecule has 0 spiro atoms. The number of benzene rings is 1. The maximum atomic E-state index is 12.9. The molecule has 0 unspecified atom stereocenters. The minimum Gasteiger partial charge on any atom is -0.340 e. The highest BCUT2D eigenvalue weighted by Crippen LogP contribution is 2.31. The minimum atomic E-state index is -0.677. The Morgan fingerprint density at radius 1 is 1.21 bits per heavy atom. The van der Waals surface area contributed by atoms with Crippen LogP contribution in [-0.2, 0) is 11.8 Å². The van der Waals surface area contributed by atoms with E-state index in [-0.39, 0.29) is 17.7 Å². The van der Waals surface area contributed by atoms with E-state index in [1.54, 1.807) is 18.3 Å². The van der Waals surface area contributed by atoms with Crippen molar-refractivity contribution in [3.05, 3.63) is 53.5 Å². The number of aromatic nitrogens is 3. The first-order valence-corrected chi connectivity index (χ1v) is 10.2. The smallest absolute Gasteiger partial charge is 0.251 e. The zero-order chi connectivity index (χ0) is 21.1. The van der Waals surface area contributed by atoms with Gasteiger partial charge in [0, 0.05) is 25.0 Å². The fraction of sp³-hybridized carbons (Fsp3) is 0.333. The van der Waals surface area contributed by atoms with E-state index in [1.807, 2.05) is 57.6 Å². The van der Waals surface area contributed by atoms with Gasteiger partial charge in [-0.1, -0.05) is 42.9 Å². The Bertz CT molecular complexity index is 1040. The van der Waals surface area contributed by atoms with Crippen LogP contribution in [0.4, 0.5) is 5.13 Å². The molecule has 29 heavy (non-hydrogen) atoms. The van der Waals surface area contributed by atoms with Gasteiger partial charge in [-0.2, -0.15) is 0 Å². The van der Waals surface area contributed by atoms with Crippen LogP contribution < -0.4 is 10.6 Å². The van der Waals surface area contributed by atoms with Crippen LogP contribution in [0.1, 0.15) is 35.5 Å². The molecule has 0 bridgehead atoms. The topological polar surface area (TPSA) is 88.9 Å². The largest absolute Gasteiger partial charge is 0.340 e. The molecule has 0 fully saturated rings. The number of imidazole rings is 1. The molecule has 2 heterocycles. The highest BCUT2D eigenvalue weighted by molar-refractivity contribution is 7.19. The second-order valence-corrected chi connectivity index (χ2v) is 8.35. The summed E-state index contributed by atoms with van der Waals surface area (Å²) in [7, 11) is 1.91. The zero-order valence-electron chi connectivity index (χ0n) is 17.2. The summed E-state index contributed by atoms with van der Waals surface area (Å²) < 4.78 is 1.91. The van der Waals surface area contributed by atoms with Crippen LogP contribution in [0, 0.1) is 19.8 Å². The van der Waals surface area contributed by atoms with E-state index >= 15 is 0 Å². The molecule has 3 aromatic rings. The van der Waals surface area contributed by atoms with Gasteiger partial charge in [0.05, 0.1) is 10.6 Å². The molecule has 3 rings (SSSR count). The third-order valence-corrected chi connectivity index (χ3v) is 5.64. The molecular formula is C21H25N5O2S. The van der Waals surface area contributed by atoms with E-state index in [2.05, 4.69) is 20.6 Å². The van der Waals surface area contributed by atoms with Crippen molar-refractivity contribution in [1.82, 2.24) is 19.9 Å². The predicted octanol–water partition coefficient (Wildman–Crippen LogP) is 3.55. The number of nitrogens with zero attached hydrogens (tertiary/aromatic N) is 3. The summed E-state index contributed by atoms with van der Waals surface area (Å²) in [4.78, 5) is 35.2. The highest BCUT2D eigenvalue weighted by atomic mass is 32.1. The average Bonchev–Trinajstić information content (AvgIpc) is 3.23. The van der Waals surface area contributed by atoms with E-state index in [9.17, 15) is 9.59 Å². The number of aryl methyl sites for hydroxylation is 3. The predicted molar refractivity (Wildman–Crippen MR) is 115 cm³/mol. The Morgan fingerprint density at radius 3 is 2.59 bits per heavy atom. The number of anilines is 1. The quantitative estimate of drug-likeness (QED) is 0.649. The normalized spacial score (nSPS) is 12.1. The van der Waals surface area contributed by atoms with Gasteiger partial charge < -0.3 is 15.2 Å². The van der Waals surface area contributed by atoms with Crippen LogP contribution in [0.2, 0.25) is 0 Å². The Kier molecular flexibility index (Phi) is 6.12. The van der Waals surface area contributed by atoms with Crippen LogP contribution >= 0.6 is 11.3 Å². The molecule has 152 valence electrons. The highest BCUT2D eigenvalue weighted by Gasteiger charge is 2.26. The van der Waals surface area contributed by atoms with Gasteiger partial charge >= 0.3 is 0 Å². The van der Waals surface area contributed by atoms with Crippen molar-refractivity contribution in [3.8, 4) is 10.7 Å². The summed E-state index contributed by atoms with van der Waals surface area (Å²) in [5.41, 5.74) is 2.32. The summed E-state index contributed by atoms with van der Waals surface area (Å²) in [5, 5.41) is 6.19. The molecule has 2 aromatic heterocycles. The molecule has 7 nitrogen and oxygen atoms in total. The monoisotopic (exact) mass is 411 g/mol. The van der Waals surface area contributed by atoms with E-state index in [1.165, 1.54) is 11.3 Å². The fourth-order valence-corrected chi connectivity index (χ4v) is 3.98. The van der Waals surface area contributed by atoms with Gasteiger partial charge in [0.1, 0.15) is 6.04 Å². The lowest BCUT2D eigenvalue weighted by atomic mass is 10.0. The Balaban J connectivity index is 1.75. The maximum Gasteiger partial charge on any atom is 0.251 e. The van der Waals surface area contributed by atoms with Gasteiger partial charge in [-0.3, -0.25) is 9.59 Å². The van der Waals surface area contributed by atoms with Crippen molar-refractivity contribution in [1.29, 1.82) is 0 Å². The number of carbonyl (C=O) groups excluding carboxylic acids is 2. The van der Waals surface area contributed by atoms with Crippen LogP contribution in [0.5, 0.6) is 0 Å². The number of carbonyl (C=O) groups is 2. The van der Waals surface area contributed by atoms with Crippen molar-refractivity contribution >= 4 is 28.3 Å². The van der Waals surface area contributed by atoms with E-state index < -0.39 is 6.04 Å². The van der Waals surface area contributed by atoms with E-state index in [0.717, 1.165) is 22.0 Å². The first kappa shape index (κ1) is 20.7. The number of amides is 2. The molecule has 0 saturated heterocycles. The number of rotatable bonds is 6. The Labute approximate surface area is 174 Å². The first-order chi connectivity index (χ1) is 13.8. The standard InChI is InChI=1S/C21H25N5O2S/c1-12(2)16(24-19(27)15-8-6-7-13(3)11-15)20(28)25-21-23-14(4)17(29-21)18-22-9-10-26(18)5/h6-12,16H,1-5H3,(H,24,27)(H,23,25,28)/t16-/m1/s1. The van der Waals surface area contributed by atoms with Gasteiger partial charge in [0.15, 0.2) is 11.0 Å². The molecular weight excluding hydrogens is 386 g/mol. The third-order valence-electron chi connectivity index (χ3n) is 4.57. The summed E-state index contributed by atoms with van der Waals surface area (Å²) in [6, 6.07) is 6.61. The summed E-state index contributed by atoms with van der Waals surface area (Å²) in [6.07, 6.45) is 3.59. The van der Waals surface area contributed by atoms with Crippen molar-refractivity contribution < 1.29 is 9.59 Å². The van der Waals surface area contributed by atoms with E-state index in [4.69, 9.17) is 0 Å². The molecule has 0 aliphatic rings. The molecule has 2 amide bonds. The summed E-state index contributed by atoms with van der Waals surface area (Å²) in [5.74, 6) is 0.153. The summed E-state index contributed by atoms with van der Waals surface area (Å²) >= 11 is 1.37. The molecule has 0 aliphatic heterocycles. The first-order valence-electron chi connectivity index (χ1n) is 9.39. The Morgan fingerprint density at radius 2 is 1.97 bits per heavy atom. The number of hydrogen-bond donors (Lipinski definition) is 2. The second-order valence-electron chi connectivity index (χ2n) is 7.35. The molecule has 0 aliphatic carbocycles. The van der Waals surface area contributed by atoms with Crippen LogP contribution in [0.25, 0.3) is 10.7 Å². The van der Waals surface area contributed by atoms with Gasteiger partial charge in [-0.15, -0.1) is 0 Å². The van der Waals surface area contributed by atoms with E-state index in [0.29, 0.717) is 10.7 Å². The lowest BCUT2D eigenvalue weighted by Gasteiger charge is -2.21. The number of nitrogens with one attached hydrogen (secondary N) is 2. The number of thiazole rings is 1. The lowest BCUT2D eigenvalue weighted by Crippen LogP contribution is -2.47. The van der Waals surface area contributed by atoms with Crippen LogP contribution in [0.15, 0.2) is 36.7 Å². The van der Waals surface area contributed by atoms with Gasteiger partial charge in [0.25, 0.3) is 5.91 Å². The van der Waals surface area contributed by atoms with Crippen molar-refractivity contribution in [2.45, 2.75) is 33.7 Å². The SMILES string of the molecule is Cc1cccc(C(=O)N[C@@H](C(=O)Nc2nc(C)c(-c3nccn3C)s2)C(C)C)c1. The van der Waals surface area contributed by atoms with Crippen molar-refractivity contribution in [3.63, 3.8) is 0 Å². The molecule has 1 atom stereocenters. The van der Waals surface area contributed by atoms with Gasteiger partial charge in [-0.05, 0) is 31.9 Å². The maximum absolute atomic E-state index is 12.9. The molecule has 8 heteroatoms. The third kappa shape index (κ3) is 4.71. The molecule has 0 saturated carbocycles. The fourth-order valence-electron chi connectivity index (χ4n) is 2.97. The molecule has 1 aromatic carbocycles. The van der Waals surface area contributed by atoms with Crippen LogP contribution in [0.3, 0.4) is 0 Å². The summed E-state index contributed by atoms with van der Waals surface area (Å²) in [6.45, 7) is 7.60. The zero-order valence-corrected chi connectivity index (χ0v) is 18.0. The number of hydrogen-bond acceptors (Lipinski definition) is 5. The second kappa shape index (κ2) is 8.57. The minimum absolute atomic E-state index is 0.0844. The lowest BCUT2D eigenvalue weighted by molar-refractivity contribution is -0.118. The van der Waals surface area contributed by atoms with Crippen molar-refractivity contribution in [2.75, 3.05) is 5.32 Å². The van der Waals surface area contributed by atoms with Crippen LogP contribution in [-0.4, -0.2) is 32.4 Å². The van der Waals surface area contributed by atoms with Gasteiger partial charge in [0.2, 0.25) is 5.91 Å². The Hall–Kier alpha value is -3.00. The molecule has 2 N–H and O–H groups in total. The van der Waals surface area contributed by atoms with Gasteiger partial charge in [-0.25, -0.2) is 9.97 Å².